The zero-order valence-corrected chi connectivity index (χ0v) is 28.7. The van der Waals surface area contributed by atoms with Crippen LogP contribution in [-0.4, -0.2) is 0 Å². The van der Waals surface area contributed by atoms with Gasteiger partial charge in [-0.05, 0) is 119 Å². The van der Waals surface area contributed by atoms with E-state index in [1.165, 1.54) is 11.1 Å². The summed E-state index contributed by atoms with van der Waals surface area (Å²) in [5, 5.41) is 0. The normalized spacial score (nSPS) is 10.5. The monoisotopic (exact) mass is 664 g/mol. The molecule has 0 aliphatic carbocycles. The molecule has 0 aliphatic heterocycles. The third-order valence-electron chi connectivity index (χ3n) is 9.10. The van der Waals surface area contributed by atoms with E-state index < -0.39 is 0 Å². The molecule has 8 aromatic carbocycles. The van der Waals surface area contributed by atoms with Crippen LogP contribution in [0, 0.1) is 11.8 Å². The largest absolute Gasteiger partial charge is 0.311 e. The molecule has 0 unspecified atom stereocenters. The summed E-state index contributed by atoms with van der Waals surface area (Å²) in [6, 6.07) is 76.4. The van der Waals surface area contributed by atoms with E-state index in [4.69, 9.17) is 0 Å². The molecule has 0 fully saturated rings. The Hall–Kier alpha value is -7.08. The van der Waals surface area contributed by atoms with Crippen LogP contribution in [-0.2, 0) is 0 Å². The summed E-state index contributed by atoms with van der Waals surface area (Å²) < 4.78 is 0. The molecule has 0 saturated carbocycles. The molecule has 8 aromatic rings. The molecule has 52 heavy (non-hydrogen) atoms. The summed E-state index contributed by atoms with van der Waals surface area (Å²) >= 11 is 0. The number of para-hydroxylation sites is 4. The van der Waals surface area contributed by atoms with Gasteiger partial charge < -0.3 is 9.80 Å². The van der Waals surface area contributed by atoms with Gasteiger partial charge in [-0.25, -0.2) is 0 Å². The number of hydrogen-bond donors (Lipinski definition) is 0. The number of benzene rings is 8. The van der Waals surface area contributed by atoms with Gasteiger partial charge >= 0.3 is 0 Å². The maximum Gasteiger partial charge on any atom is 0.0462 e. The highest BCUT2D eigenvalue weighted by molar-refractivity contribution is 5.80. The summed E-state index contributed by atoms with van der Waals surface area (Å²) in [7, 11) is 0. The van der Waals surface area contributed by atoms with Crippen LogP contribution in [0.1, 0.15) is 11.1 Å². The Balaban J connectivity index is 0.948. The fraction of sp³-hybridized carbons (Fsp3) is 0. The van der Waals surface area contributed by atoms with E-state index in [0.29, 0.717) is 0 Å². The van der Waals surface area contributed by atoms with E-state index in [9.17, 15) is 0 Å². The highest BCUT2D eigenvalue weighted by atomic mass is 15.1. The zero-order valence-electron chi connectivity index (χ0n) is 28.7. The number of nitrogens with zero attached hydrogens (tertiary/aromatic N) is 2. The van der Waals surface area contributed by atoms with Gasteiger partial charge in [0.1, 0.15) is 0 Å². The van der Waals surface area contributed by atoms with Crippen LogP contribution in [0.15, 0.2) is 218 Å². The molecular weight excluding hydrogens is 629 g/mol. The first-order valence-electron chi connectivity index (χ1n) is 17.5. The van der Waals surface area contributed by atoms with E-state index in [-0.39, 0.29) is 0 Å². The zero-order chi connectivity index (χ0) is 35.0. The molecule has 0 spiro atoms. The van der Waals surface area contributed by atoms with E-state index in [1.54, 1.807) is 0 Å². The van der Waals surface area contributed by atoms with E-state index >= 15 is 0 Å². The van der Waals surface area contributed by atoms with Crippen molar-refractivity contribution in [1.29, 1.82) is 0 Å². The molecule has 0 amide bonds. The van der Waals surface area contributed by atoms with Crippen molar-refractivity contribution in [2.24, 2.45) is 0 Å². The Kier molecular flexibility index (Phi) is 9.41. The lowest BCUT2D eigenvalue weighted by Crippen LogP contribution is -2.09. The van der Waals surface area contributed by atoms with E-state index in [0.717, 1.165) is 56.4 Å². The molecule has 8 rings (SSSR count). The third-order valence-corrected chi connectivity index (χ3v) is 9.10. The van der Waals surface area contributed by atoms with Crippen molar-refractivity contribution in [1.82, 2.24) is 0 Å². The molecule has 2 heteroatoms. The molecule has 0 bridgehead atoms. The highest BCUT2D eigenvalue weighted by Gasteiger charge is 2.13. The predicted octanol–water partition coefficient (Wildman–Crippen LogP) is 13.4. The summed E-state index contributed by atoms with van der Waals surface area (Å²) in [6.07, 6.45) is 0. The maximum absolute atomic E-state index is 3.35. The summed E-state index contributed by atoms with van der Waals surface area (Å²) in [4.78, 5) is 4.55. The number of rotatable bonds is 8. The van der Waals surface area contributed by atoms with Crippen molar-refractivity contribution in [3.8, 4) is 34.1 Å². The Morgan fingerprint density at radius 1 is 0.212 bits per heavy atom. The molecule has 0 N–H and O–H groups in total. The Bertz CT molecular complexity index is 2140. The average Bonchev–Trinajstić information content (AvgIpc) is 3.23. The summed E-state index contributed by atoms with van der Waals surface area (Å²) in [5.41, 5.74) is 13.4. The third kappa shape index (κ3) is 7.26. The first kappa shape index (κ1) is 32.1. The molecule has 246 valence electrons. The maximum atomic E-state index is 3.35. The molecular formula is C50H36N2. The van der Waals surface area contributed by atoms with Gasteiger partial charge in [-0.1, -0.05) is 133 Å². The van der Waals surface area contributed by atoms with Gasteiger partial charge in [-0.2, -0.15) is 0 Å². The van der Waals surface area contributed by atoms with Crippen LogP contribution in [0.4, 0.5) is 34.1 Å². The molecule has 0 aliphatic rings. The van der Waals surface area contributed by atoms with Gasteiger partial charge in [0.2, 0.25) is 0 Å². The second-order valence-corrected chi connectivity index (χ2v) is 12.5. The van der Waals surface area contributed by atoms with Crippen molar-refractivity contribution >= 4 is 34.1 Å². The van der Waals surface area contributed by atoms with Crippen LogP contribution in [0.5, 0.6) is 0 Å². The second-order valence-electron chi connectivity index (χ2n) is 12.5. The first-order valence-corrected chi connectivity index (χ1v) is 17.5. The molecule has 0 atom stereocenters. The van der Waals surface area contributed by atoms with Gasteiger partial charge in [-0.3, -0.25) is 0 Å². The summed E-state index contributed by atoms with van der Waals surface area (Å²) in [5.74, 6) is 6.70. The van der Waals surface area contributed by atoms with Crippen molar-refractivity contribution in [2.45, 2.75) is 0 Å². The van der Waals surface area contributed by atoms with Gasteiger partial charge in [0.05, 0.1) is 0 Å². The van der Waals surface area contributed by atoms with Gasteiger partial charge in [0.25, 0.3) is 0 Å². The minimum Gasteiger partial charge on any atom is -0.311 e. The standard InChI is InChI=1S/C50H36N2/c1-5-13-45(14-6-1)51(46-15-7-2-8-16-46)49-35-31-43(32-36-49)41-27-23-39(24-28-41)21-22-40-25-29-42(30-26-40)44-33-37-50(38-34-44)52(47-17-9-3-10-18-47)48-19-11-4-12-20-48/h1-20,23-38H. The van der Waals surface area contributed by atoms with Gasteiger partial charge in [0, 0.05) is 45.3 Å². The Labute approximate surface area is 306 Å². The van der Waals surface area contributed by atoms with Gasteiger partial charge in [-0.15, -0.1) is 0 Å². The quantitative estimate of drug-likeness (QED) is 0.149. The highest BCUT2D eigenvalue weighted by Crippen LogP contribution is 2.37. The fourth-order valence-electron chi connectivity index (χ4n) is 6.44. The molecule has 0 heterocycles. The van der Waals surface area contributed by atoms with Crippen LogP contribution >= 0.6 is 0 Å². The van der Waals surface area contributed by atoms with Crippen LogP contribution < -0.4 is 9.80 Å². The fourth-order valence-corrected chi connectivity index (χ4v) is 6.44. The van der Waals surface area contributed by atoms with Gasteiger partial charge in [0.15, 0.2) is 0 Å². The summed E-state index contributed by atoms with van der Waals surface area (Å²) in [6.45, 7) is 0. The molecule has 0 saturated heterocycles. The average molecular weight is 665 g/mol. The second kappa shape index (κ2) is 15.2. The Morgan fingerprint density at radius 3 is 0.673 bits per heavy atom. The number of hydrogen-bond acceptors (Lipinski definition) is 2. The van der Waals surface area contributed by atoms with Crippen molar-refractivity contribution in [2.75, 3.05) is 9.80 Å². The molecule has 0 aromatic heterocycles. The SMILES string of the molecule is C(#Cc1ccc(-c2ccc(N(c3ccccc3)c3ccccc3)cc2)cc1)c1ccc(-c2ccc(N(c3ccccc3)c3ccccc3)cc2)cc1. The lowest BCUT2D eigenvalue weighted by atomic mass is 10.0. The molecule has 0 radical (unpaired) electrons. The van der Waals surface area contributed by atoms with E-state index in [2.05, 4.69) is 216 Å². The lowest BCUT2D eigenvalue weighted by Gasteiger charge is -2.25. The van der Waals surface area contributed by atoms with Crippen molar-refractivity contribution in [3.63, 3.8) is 0 Å². The van der Waals surface area contributed by atoms with Crippen LogP contribution in [0.2, 0.25) is 0 Å². The minimum absolute atomic E-state index is 0.987. The predicted molar refractivity (Wildman–Crippen MR) is 219 cm³/mol. The molecule has 2 nitrogen and oxygen atoms in total. The first-order chi connectivity index (χ1) is 25.8. The smallest absolute Gasteiger partial charge is 0.0462 e. The van der Waals surface area contributed by atoms with Crippen molar-refractivity contribution < 1.29 is 0 Å². The lowest BCUT2D eigenvalue weighted by molar-refractivity contribution is 1.28. The van der Waals surface area contributed by atoms with Crippen LogP contribution in [0.25, 0.3) is 22.3 Å². The topological polar surface area (TPSA) is 6.48 Å². The number of anilines is 6. The minimum atomic E-state index is 0.987. The van der Waals surface area contributed by atoms with E-state index in [1.807, 2.05) is 24.3 Å². The van der Waals surface area contributed by atoms with Crippen molar-refractivity contribution in [3.05, 3.63) is 230 Å². The Morgan fingerprint density at radius 2 is 0.423 bits per heavy atom. The van der Waals surface area contributed by atoms with Crippen LogP contribution in [0.3, 0.4) is 0 Å².